The molecule has 0 amide bonds. The molecule has 0 spiro atoms. The van der Waals surface area contributed by atoms with Crippen molar-refractivity contribution in [2.45, 2.75) is 38.9 Å². The quantitative estimate of drug-likeness (QED) is 0.763. The minimum atomic E-state index is -1.01. The third-order valence-electron chi connectivity index (χ3n) is 2.48. The van der Waals surface area contributed by atoms with Gasteiger partial charge in [0.2, 0.25) is 0 Å². The largest absolute Gasteiger partial charge is 0.478 e. The molecule has 0 aliphatic heterocycles. The molecule has 1 heterocycles. The number of hydrogen-bond donors (Lipinski definition) is 1. The van der Waals surface area contributed by atoms with Gasteiger partial charge in [0.15, 0.2) is 0 Å². The molecule has 1 aromatic rings. The van der Waals surface area contributed by atoms with Crippen molar-refractivity contribution in [3.05, 3.63) is 23.2 Å². The lowest BCUT2D eigenvalue weighted by molar-refractivity contribution is 0.0695. The molecule has 1 rings (SSSR count). The number of aryl methyl sites for hydroxylation is 1. The fourth-order valence-corrected chi connectivity index (χ4v) is 2.70. The number of carboxylic acids is 1. The normalized spacial score (nSPS) is 12.6. The lowest BCUT2D eigenvalue weighted by Crippen LogP contribution is -2.00. The summed E-state index contributed by atoms with van der Waals surface area (Å²) in [6.45, 7) is 3.70. The first-order valence-corrected chi connectivity index (χ1v) is 7.21. The predicted molar refractivity (Wildman–Crippen MR) is 66.6 cm³/mol. The molecule has 0 aliphatic carbocycles. The highest BCUT2D eigenvalue weighted by Gasteiger charge is 2.14. The second-order valence-corrected chi connectivity index (χ2v) is 5.56. The maximum atomic E-state index is 11.7. The highest BCUT2D eigenvalue weighted by atomic mass is 32.2. The number of hydrogen-bond acceptors (Lipinski definition) is 3. The van der Waals surface area contributed by atoms with E-state index in [1.807, 2.05) is 0 Å². The molecule has 0 aromatic carbocycles. The van der Waals surface area contributed by atoms with Crippen molar-refractivity contribution < 1.29 is 18.5 Å². The molecule has 0 saturated heterocycles. The van der Waals surface area contributed by atoms with Gasteiger partial charge in [-0.3, -0.25) is 4.21 Å². The first kappa shape index (κ1) is 14.0. The van der Waals surface area contributed by atoms with Crippen LogP contribution in [0.4, 0.5) is 0 Å². The van der Waals surface area contributed by atoms with E-state index in [0.29, 0.717) is 23.0 Å². The molecule has 5 heteroatoms. The summed E-state index contributed by atoms with van der Waals surface area (Å²) in [4.78, 5) is 10.8. The van der Waals surface area contributed by atoms with Gasteiger partial charge in [-0.15, -0.1) is 0 Å². The fourth-order valence-electron chi connectivity index (χ4n) is 1.57. The average molecular weight is 258 g/mol. The lowest BCUT2D eigenvalue weighted by Gasteiger charge is -1.98. The number of rotatable bonds is 7. The van der Waals surface area contributed by atoms with Crippen LogP contribution in [0.25, 0.3) is 0 Å². The molecular weight excluding hydrogens is 240 g/mol. The van der Waals surface area contributed by atoms with Crippen LogP contribution in [0.5, 0.6) is 0 Å². The van der Waals surface area contributed by atoms with Gasteiger partial charge in [-0.05, 0) is 19.4 Å². The molecule has 0 radical (unpaired) electrons. The first-order valence-electron chi connectivity index (χ1n) is 5.72. The summed E-state index contributed by atoms with van der Waals surface area (Å²) in [5, 5.41) is 8.85. The average Bonchev–Trinajstić information content (AvgIpc) is 2.60. The molecule has 0 saturated carbocycles. The van der Waals surface area contributed by atoms with E-state index in [1.54, 1.807) is 6.92 Å². The van der Waals surface area contributed by atoms with Crippen molar-refractivity contribution in [3.8, 4) is 0 Å². The van der Waals surface area contributed by atoms with E-state index in [4.69, 9.17) is 9.52 Å². The summed E-state index contributed by atoms with van der Waals surface area (Å²) in [7, 11) is -0.967. The number of furan rings is 1. The minimum absolute atomic E-state index is 0.158. The van der Waals surface area contributed by atoms with Crippen LogP contribution in [0.15, 0.2) is 10.5 Å². The molecule has 4 nitrogen and oxygen atoms in total. The Morgan fingerprint density at radius 3 is 2.71 bits per heavy atom. The van der Waals surface area contributed by atoms with E-state index < -0.39 is 16.8 Å². The molecule has 0 aliphatic rings. The van der Waals surface area contributed by atoms with Crippen molar-refractivity contribution in [1.82, 2.24) is 0 Å². The Balaban J connectivity index is 2.54. The van der Waals surface area contributed by atoms with E-state index in [9.17, 15) is 9.00 Å². The summed E-state index contributed by atoms with van der Waals surface area (Å²) in [5.41, 5.74) is 0.158. The smallest absolute Gasteiger partial charge is 0.339 e. The highest BCUT2D eigenvalue weighted by molar-refractivity contribution is 7.84. The number of unbranched alkanes of at least 4 members (excludes halogenated alkanes) is 2. The van der Waals surface area contributed by atoms with Crippen molar-refractivity contribution in [2.75, 3.05) is 5.75 Å². The number of carbonyl (C=O) groups is 1. The van der Waals surface area contributed by atoms with Crippen LogP contribution < -0.4 is 0 Å². The minimum Gasteiger partial charge on any atom is -0.478 e. The summed E-state index contributed by atoms with van der Waals surface area (Å²) in [6, 6.07) is 1.47. The Morgan fingerprint density at radius 2 is 2.18 bits per heavy atom. The number of carboxylic acid groups (broad SMARTS) is 1. The predicted octanol–water partition coefficient (Wildman–Crippen LogP) is 2.73. The van der Waals surface area contributed by atoms with Gasteiger partial charge >= 0.3 is 5.97 Å². The van der Waals surface area contributed by atoms with Gasteiger partial charge in [0.1, 0.15) is 17.1 Å². The Labute approximate surface area is 103 Å². The summed E-state index contributed by atoms with van der Waals surface area (Å²) >= 11 is 0. The molecule has 1 aromatic heterocycles. The van der Waals surface area contributed by atoms with E-state index >= 15 is 0 Å². The lowest BCUT2D eigenvalue weighted by atomic mass is 10.2. The van der Waals surface area contributed by atoms with Crippen LogP contribution in [0.1, 0.15) is 48.1 Å². The van der Waals surface area contributed by atoms with E-state index in [-0.39, 0.29) is 5.56 Å². The standard InChI is InChI=1S/C12H18O4S/c1-3-4-5-6-17(15)8-10-7-11(12(13)14)9(2)16-10/h7H,3-6,8H2,1-2H3,(H,13,14). The zero-order valence-corrected chi connectivity index (χ0v) is 11.0. The Morgan fingerprint density at radius 1 is 1.47 bits per heavy atom. The Kier molecular flexibility index (Phi) is 5.41. The summed E-state index contributed by atoms with van der Waals surface area (Å²) in [6.07, 6.45) is 3.11. The molecule has 0 bridgehead atoms. The maximum absolute atomic E-state index is 11.7. The zero-order valence-electron chi connectivity index (χ0n) is 10.2. The van der Waals surface area contributed by atoms with E-state index in [0.717, 1.165) is 19.3 Å². The van der Waals surface area contributed by atoms with Crippen LogP contribution in [0.3, 0.4) is 0 Å². The van der Waals surface area contributed by atoms with Crippen LogP contribution in [-0.4, -0.2) is 21.0 Å². The Bertz CT molecular complexity index is 409. The topological polar surface area (TPSA) is 67.5 Å². The fraction of sp³-hybridized carbons (Fsp3) is 0.583. The van der Waals surface area contributed by atoms with Crippen molar-refractivity contribution >= 4 is 16.8 Å². The molecule has 1 unspecified atom stereocenters. The van der Waals surface area contributed by atoms with Gasteiger partial charge in [-0.2, -0.15) is 0 Å². The van der Waals surface area contributed by atoms with E-state index in [2.05, 4.69) is 6.92 Å². The molecule has 1 atom stereocenters. The zero-order chi connectivity index (χ0) is 12.8. The maximum Gasteiger partial charge on any atom is 0.339 e. The molecular formula is C12H18O4S. The highest BCUT2D eigenvalue weighted by Crippen LogP contribution is 2.16. The third-order valence-corrected chi connectivity index (χ3v) is 3.83. The van der Waals surface area contributed by atoms with Gasteiger partial charge in [-0.25, -0.2) is 4.79 Å². The van der Waals surface area contributed by atoms with Gasteiger partial charge in [-0.1, -0.05) is 19.8 Å². The van der Waals surface area contributed by atoms with Crippen LogP contribution >= 0.6 is 0 Å². The molecule has 1 N–H and O–H groups in total. The van der Waals surface area contributed by atoms with Crippen LogP contribution in [0, 0.1) is 6.92 Å². The van der Waals surface area contributed by atoms with E-state index in [1.165, 1.54) is 6.07 Å². The third kappa shape index (κ3) is 4.34. The van der Waals surface area contributed by atoms with Crippen LogP contribution in [0.2, 0.25) is 0 Å². The second-order valence-electron chi connectivity index (χ2n) is 3.98. The first-order chi connectivity index (χ1) is 8.04. The molecule has 0 fully saturated rings. The van der Waals surface area contributed by atoms with Crippen molar-refractivity contribution in [1.29, 1.82) is 0 Å². The van der Waals surface area contributed by atoms with Crippen molar-refractivity contribution in [2.24, 2.45) is 0 Å². The molecule has 96 valence electrons. The second kappa shape index (κ2) is 6.59. The monoisotopic (exact) mass is 258 g/mol. The van der Waals surface area contributed by atoms with Gasteiger partial charge < -0.3 is 9.52 Å². The number of aromatic carboxylic acids is 1. The van der Waals surface area contributed by atoms with Crippen molar-refractivity contribution in [3.63, 3.8) is 0 Å². The summed E-state index contributed by atoms with van der Waals surface area (Å²) < 4.78 is 17.0. The molecule has 17 heavy (non-hydrogen) atoms. The van der Waals surface area contributed by atoms with Gasteiger partial charge in [0, 0.05) is 16.6 Å². The van der Waals surface area contributed by atoms with Crippen LogP contribution in [-0.2, 0) is 16.6 Å². The van der Waals surface area contributed by atoms with Gasteiger partial charge in [0.25, 0.3) is 0 Å². The van der Waals surface area contributed by atoms with Gasteiger partial charge in [0.05, 0.1) is 5.75 Å². The Hall–Kier alpha value is -1.10. The SMILES string of the molecule is CCCCCS(=O)Cc1cc(C(=O)O)c(C)o1. The summed E-state index contributed by atoms with van der Waals surface area (Å²) in [5.74, 6) is 0.815.